The Morgan fingerprint density at radius 3 is 2.26 bits per heavy atom. The van der Waals surface area contributed by atoms with Crippen molar-refractivity contribution in [3.8, 4) is 28.2 Å². The van der Waals surface area contributed by atoms with Crippen molar-refractivity contribution in [2.75, 3.05) is 5.32 Å². The molecule has 196 valence electrons. The number of nitrogens with one attached hydrogen (secondary N) is 1. The van der Waals surface area contributed by atoms with Crippen LogP contribution in [0.5, 0.6) is 5.75 Å². The van der Waals surface area contributed by atoms with E-state index < -0.39 is 29.6 Å². The Bertz CT molecular complexity index is 1450. The first-order valence-corrected chi connectivity index (χ1v) is 11.9. The molecule has 0 aliphatic carbocycles. The van der Waals surface area contributed by atoms with E-state index in [1.165, 1.54) is 26.0 Å². The van der Waals surface area contributed by atoms with E-state index in [0.717, 1.165) is 5.56 Å². The molecule has 4 rings (SSSR count). The van der Waals surface area contributed by atoms with E-state index in [1.807, 2.05) is 30.3 Å². The van der Waals surface area contributed by atoms with Gasteiger partial charge in [0.2, 0.25) is 0 Å². The molecule has 0 saturated heterocycles. The molecule has 1 atom stereocenters. The average molecular weight is 519 g/mol. The monoisotopic (exact) mass is 518 g/mol. The van der Waals surface area contributed by atoms with Crippen LogP contribution in [-0.2, 0) is 9.53 Å². The van der Waals surface area contributed by atoms with Gasteiger partial charge in [0.1, 0.15) is 17.5 Å². The standard InChI is InChI=1S/C29H27FN2O6/c1-17-25(31-28(35)36-18(2)19-8-6-5-7-9-19)26(38-32-17)21-12-10-20(11-13-21)22-14-15-24(23(30)16-22)37-29(3,4)27(33)34/h5-16,18H,1-4H3,(H,31,35)(H,33,34)/t18-/m1/s1. The van der Waals surface area contributed by atoms with Crippen LogP contribution in [0.2, 0.25) is 0 Å². The van der Waals surface area contributed by atoms with Gasteiger partial charge < -0.3 is 19.1 Å². The van der Waals surface area contributed by atoms with Crippen LogP contribution in [0.4, 0.5) is 14.9 Å². The number of nitrogens with zero attached hydrogens (tertiary/aromatic N) is 1. The Kier molecular flexibility index (Phi) is 7.47. The summed E-state index contributed by atoms with van der Waals surface area (Å²) in [4.78, 5) is 23.8. The fourth-order valence-electron chi connectivity index (χ4n) is 3.69. The molecule has 0 bridgehead atoms. The third-order valence-corrected chi connectivity index (χ3v) is 5.94. The number of hydrogen-bond acceptors (Lipinski definition) is 6. The zero-order valence-corrected chi connectivity index (χ0v) is 21.3. The van der Waals surface area contributed by atoms with Crippen molar-refractivity contribution >= 4 is 17.7 Å². The van der Waals surface area contributed by atoms with E-state index in [-0.39, 0.29) is 5.75 Å². The number of aromatic nitrogens is 1. The molecule has 9 heteroatoms. The SMILES string of the molecule is Cc1noc(-c2ccc(-c3ccc(OC(C)(C)C(=O)O)c(F)c3)cc2)c1NC(=O)O[C@H](C)c1ccccc1. The lowest BCUT2D eigenvalue weighted by atomic mass is 10.0. The van der Waals surface area contributed by atoms with Gasteiger partial charge in [-0.3, -0.25) is 5.32 Å². The van der Waals surface area contributed by atoms with E-state index in [9.17, 15) is 19.1 Å². The van der Waals surface area contributed by atoms with E-state index in [0.29, 0.717) is 33.8 Å². The maximum Gasteiger partial charge on any atom is 0.412 e. The largest absolute Gasteiger partial charge is 0.478 e. The molecule has 0 saturated carbocycles. The summed E-state index contributed by atoms with van der Waals surface area (Å²) in [5.74, 6) is -1.68. The Labute approximate surface area is 219 Å². The molecule has 1 heterocycles. The highest BCUT2D eigenvalue weighted by molar-refractivity contribution is 5.91. The lowest BCUT2D eigenvalue weighted by Crippen LogP contribution is -2.38. The summed E-state index contributed by atoms with van der Waals surface area (Å²) in [7, 11) is 0. The Morgan fingerprint density at radius 1 is 1.00 bits per heavy atom. The van der Waals surface area contributed by atoms with E-state index in [2.05, 4.69) is 10.5 Å². The minimum atomic E-state index is -1.57. The molecule has 3 aromatic carbocycles. The molecule has 38 heavy (non-hydrogen) atoms. The number of carboxylic acid groups (broad SMARTS) is 1. The molecule has 0 spiro atoms. The molecule has 0 fully saturated rings. The van der Waals surface area contributed by atoms with Crippen molar-refractivity contribution in [1.29, 1.82) is 0 Å². The number of carbonyl (C=O) groups is 2. The van der Waals surface area contributed by atoms with Crippen molar-refractivity contribution in [2.24, 2.45) is 0 Å². The first kappa shape index (κ1) is 26.4. The Hall–Kier alpha value is -4.66. The first-order valence-electron chi connectivity index (χ1n) is 11.9. The molecule has 0 aliphatic heterocycles. The molecule has 1 aromatic heterocycles. The van der Waals surface area contributed by atoms with Crippen LogP contribution in [0, 0.1) is 12.7 Å². The number of carbonyl (C=O) groups excluding carboxylic acids is 1. The normalized spacial score (nSPS) is 12.0. The Balaban J connectivity index is 1.49. The van der Waals surface area contributed by atoms with Gasteiger partial charge in [0.15, 0.2) is 22.9 Å². The molecule has 4 aromatic rings. The first-order chi connectivity index (χ1) is 18.0. The molecular formula is C29H27FN2O6. The maximum absolute atomic E-state index is 14.7. The number of halogens is 1. The third kappa shape index (κ3) is 5.83. The van der Waals surface area contributed by atoms with Crippen molar-refractivity contribution in [2.45, 2.75) is 39.4 Å². The van der Waals surface area contributed by atoms with E-state index in [4.69, 9.17) is 14.0 Å². The Morgan fingerprint density at radius 2 is 1.63 bits per heavy atom. The van der Waals surface area contributed by atoms with Crippen LogP contribution < -0.4 is 10.1 Å². The molecule has 0 unspecified atom stereocenters. The summed E-state index contributed by atoms with van der Waals surface area (Å²) in [5.41, 5.74) is 2.08. The minimum Gasteiger partial charge on any atom is -0.478 e. The van der Waals surface area contributed by atoms with Gasteiger partial charge in [0.25, 0.3) is 0 Å². The lowest BCUT2D eigenvalue weighted by Gasteiger charge is -2.22. The van der Waals surface area contributed by atoms with Crippen molar-refractivity contribution < 1.29 is 33.1 Å². The minimum absolute atomic E-state index is 0.154. The quantitative estimate of drug-likeness (QED) is 0.258. The zero-order valence-electron chi connectivity index (χ0n) is 21.3. The van der Waals surface area contributed by atoms with Gasteiger partial charge in [0.05, 0.1) is 0 Å². The van der Waals surface area contributed by atoms with Gasteiger partial charge in [-0.05, 0) is 56.5 Å². The van der Waals surface area contributed by atoms with Crippen LogP contribution in [0.15, 0.2) is 77.3 Å². The fraction of sp³-hybridized carbons (Fsp3) is 0.207. The van der Waals surface area contributed by atoms with Crippen molar-refractivity contribution in [3.63, 3.8) is 0 Å². The lowest BCUT2D eigenvalue weighted by molar-refractivity contribution is -0.152. The number of anilines is 1. The topological polar surface area (TPSA) is 111 Å². The second-order valence-corrected chi connectivity index (χ2v) is 9.20. The van der Waals surface area contributed by atoms with Gasteiger partial charge in [-0.2, -0.15) is 0 Å². The predicted molar refractivity (Wildman–Crippen MR) is 139 cm³/mol. The maximum atomic E-state index is 14.7. The number of aliphatic carboxylic acids is 1. The van der Waals surface area contributed by atoms with E-state index in [1.54, 1.807) is 44.2 Å². The van der Waals surface area contributed by atoms with Crippen molar-refractivity contribution in [3.05, 3.63) is 89.9 Å². The summed E-state index contributed by atoms with van der Waals surface area (Å²) in [6, 6.07) is 20.7. The van der Waals surface area contributed by atoms with Crippen molar-refractivity contribution in [1.82, 2.24) is 5.16 Å². The van der Waals surface area contributed by atoms with Gasteiger partial charge in [0, 0.05) is 5.56 Å². The van der Waals surface area contributed by atoms with Gasteiger partial charge >= 0.3 is 12.1 Å². The highest BCUT2D eigenvalue weighted by Crippen LogP contribution is 2.34. The van der Waals surface area contributed by atoms with Crippen LogP contribution in [0.3, 0.4) is 0 Å². The van der Waals surface area contributed by atoms with Gasteiger partial charge in [-0.25, -0.2) is 14.0 Å². The summed E-state index contributed by atoms with van der Waals surface area (Å²) in [5, 5.41) is 15.9. The zero-order chi connectivity index (χ0) is 27.4. The summed E-state index contributed by atoms with van der Waals surface area (Å²) >= 11 is 0. The highest BCUT2D eigenvalue weighted by Gasteiger charge is 2.30. The highest BCUT2D eigenvalue weighted by atomic mass is 19.1. The second-order valence-electron chi connectivity index (χ2n) is 9.20. The number of ether oxygens (including phenoxy) is 2. The number of amides is 1. The number of carboxylic acids is 1. The predicted octanol–water partition coefficient (Wildman–Crippen LogP) is 7.01. The smallest absolute Gasteiger partial charge is 0.412 e. The summed E-state index contributed by atoms with van der Waals surface area (Å²) < 4.78 is 30.9. The van der Waals surface area contributed by atoms with Gasteiger partial charge in [-0.1, -0.05) is 65.8 Å². The van der Waals surface area contributed by atoms with E-state index >= 15 is 0 Å². The van der Waals surface area contributed by atoms with Gasteiger partial charge in [-0.15, -0.1) is 0 Å². The summed E-state index contributed by atoms with van der Waals surface area (Å²) in [6.45, 7) is 6.18. The molecule has 2 N–H and O–H groups in total. The number of rotatable bonds is 8. The third-order valence-electron chi connectivity index (χ3n) is 5.94. The number of hydrogen-bond donors (Lipinski definition) is 2. The molecule has 8 nitrogen and oxygen atoms in total. The van der Waals surface area contributed by atoms with Crippen LogP contribution in [0.25, 0.3) is 22.5 Å². The van der Waals surface area contributed by atoms with Crippen LogP contribution in [0.1, 0.15) is 38.1 Å². The molecular weight excluding hydrogens is 491 g/mol. The molecule has 0 aliphatic rings. The van der Waals surface area contributed by atoms with Crippen LogP contribution >= 0.6 is 0 Å². The summed E-state index contributed by atoms with van der Waals surface area (Å²) in [6.07, 6.45) is -1.10. The fourth-order valence-corrected chi connectivity index (χ4v) is 3.69. The average Bonchev–Trinajstić information content (AvgIpc) is 3.25. The number of benzene rings is 3. The second kappa shape index (κ2) is 10.8. The van der Waals surface area contributed by atoms with Crippen LogP contribution in [-0.4, -0.2) is 27.9 Å². The number of aryl methyl sites for hydroxylation is 1. The molecule has 0 radical (unpaired) electrons. The molecule has 1 amide bonds.